The number of rotatable bonds is 7. The number of unbranched alkanes of at least 4 members (excludes halogenated alkanes) is 1. The van der Waals surface area contributed by atoms with E-state index < -0.39 is 5.60 Å². The molecule has 114 valence electrons. The van der Waals surface area contributed by atoms with E-state index in [1.54, 1.807) is 11.3 Å². The Balaban J connectivity index is 2.56. The van der Waals surface area contributed by atoms with Gasteiger partial charge in [0, 0.05) is 11.9 Å². The minimum Gasteiger partial charge on any atom is -0.459 e. The first-order valence-corrected chi connectivity index (χ1v) is 8.07. The van der Waals surface area contributed by atoms with Gasteiger partial charge in [-0.05, 0) is 34.1 Å². The maximum absolute atomic E-state index is 12.2. The number of nitrogens with one attached hydrogen (secondary N) is 1. The lowest BCUT2D eigenvalue weighted by Gasteiger charge is -2.24. The fraction of sp³-hybridized carbons (Fsp3) is 0.733. The largest absolute Gasteiger partial charge is 0.459 e. The van der Waals surface area contributed by atoms with Crippen LogP contribution in [0.15, 0.2) is 5.38 Å². The molecule has 1 atom stereocenters. The van der Waals surface area contributed by atoms with E-state index in [-0.39, 0.29) is 12.0 Å². The highest BCUT2D eigenvalue weighted by Gasteiger charge is 2.24. The normalized spacial score (nSPS) is 13.2. The van der Waals surface area contributed by atoms with Crippen LogP contribution in [0.3, 0.4) is 0 Å². The Morgan fingerprint density at radius 3 is 2.70 bits per heavy atom. The molecule has 1 aromatic heterocycles. The minimum absolute atomic E-state index is 0.169. The number of aromatic nitrogens is 1. The highest BCUT2D eigenvalue weighted by atomic mass is 32.1. The molecule has 0 bridgehead atoms. The van der Waals surface area contributed by atoms with Gasteiger partial charge in [-0.25, -0.2) is 4.98 Å². The molecule has 0 saturated carbocycles. The molecular formula is C15H26N2O2S. The first-order chi connectivity index (χ1) is 9.31. The number of carbonyl (C=O) groups is 1. The van der Waals surface area contributed by atoms with Crippen molar-refractivity contribution in [2.75, 3.05) is 0 Å². The van der Waals surface area contributed by atoms with Crippen molar-refractivity contribution in [2.45, 2.75) is 72.1 Å². The molecule has 0 amide bonds. The van der Waals surface area contributed by atoms with E-state index in [1.165, 1.54) is 0 Å². The van der Waals surface area contributed by atoms with Crippen LogP contribution >= 0.6 is 11.3 Å². The second-order valence-electron chi connectivity index (χ2n) is 5.97. The van der Waals surface area contributed by atoms with Crippen LogP contribution < -0.4 is 5.32 Å². The average Bonchev–Trinajstić information content (AvgIpc) is 2.73. The van der Waals surface area contributed by atoms with Crippen LogP contribution in [0.5, 0.6) is 0 Å². The van der Waals surface area contributed by atoms with Gasteiger partial charge >= 0.3 is 5.97 Å². The molecule has 0 aliphatic rings. The number of ether oxygens (including phenoxy) is 1. The number of esters is 1. The number of aryl methyl sites for hydroxylation is 1. The minimum atomic E-state index is -0.444. The van der Waals surface area contributed by atoms with Gasteiger partial charge in [0.25, 0.3) is 0 Å². The summed E-state index contributed by atoms with van der Waals surface area (Å²) in [4.78, 5) is 16.6. The predicted octanol–water partition coefficient (Wildman–Crippen LogP) is 3.44. The van der Waals surface area contributed by atoms with Crippen molar-refractivity contribution < 1.29 is 9.53 Å². The molecule has 0 radical (unpaired) electrons. The van der Waals surface area contributed by atoms with E-state index in [0.29, 0.717) is 6.54 Å². The Labute approximate surface area is 125 Å². The van der Waals surface area contributed by atoms with Gasteiger partial charge in [-0.2, -0.15) is 0 Å². The fourth-order valence-corrected chi connectivity index (χ4v) is 2.41. The van der Waals surface area contributed by atoms with Gasteiger partial charge < -0.3 is 4.74 Å². The molecule has 1 heterocycles. The number of carbonyl (C=O) groups excluding carboxylic acids is 1. The van der Waals surface area contributed by atoms with Crippen molar-refractivity contribution in [3.8, 4) is 0 Å². The van der Waals surface area contributed by atoms with Gasteiger partial charge in [0.2, 0.25) is 0 Å². The van der Waals surface area contributed by atoms with E-state index in [4.69, 9.17) is 4.74 Å². The van der Waals surface area contributed by atoms with Crippen molar-refractivity contribution in [3.05, 3.63) is 16.1 Å². The summed E-state index contributed by atoms with van der Waals surface area (Å²) in [5.74, 6) is -0.169. The number of nitrogens with zero attached hydrogens (tertiary/aromatic N) is 1. The molecule has 0 spiro atoms. The molecule has 0 aromatic carbocycles. The molecular weight excluding hydrogens is 272 g/mol. The SMILES string of the molecule is CCCC[C@@H](NCc1csc(C)n1)C(=O)OC(C)(C)C. The summed E-state index contributed by atoms with van der Waals surface area (Å²) in [5.41, 5.74) is 0.540. The zero-order valence-corrected chi connectivity index (χ0v) is 14.0. The smallest absolute Gasteiger partial charge is 0.323 e. The summed E-state index contributed by atoms with van der Waals surface area (Å²) >= 11 is 1.63. The monoisotopic (exact) mass is 298 g/mol. The Bertz CT molecular complexity index is 424. The molecule has 1 rings (SSSR count). The van der Waals surface area contributed by atoms with E-state index in [9.17, 15) is 4.79 Å². The number of hydrogen-bond acceptors (Lipinski definition) is 5. The number of thiazole rings is 1. The highest BCUT2D eigenvalue weighted by Crippen LogP contribution is 2.13. The summed E-state index contributed by atoms with van der Waals surface area (Å²) in [5, 5.41) is 6.34. The molecule has 5 heteroatoms. The van der Waals surface area contributed by atoms with Crippen LogP contribution in [0.2, 0.25) is 0 Å². The van der Waals surface area contributed by atoms with Crippen molar-refractivity contribution in [3.63, 3.8) is 0 Å². The zero-order valence-electron chi connectivity index (χ0n) is 13.2. The van der Waals surface area contributed by atoms with Gasteiger partial charge in [0.05, 0.1) is 10.7 Å². The Kier molecular flexibility index (Phi) is 6.62. The Hall–Kier alpha value is -0.940. The van der Waals surface area contributed by atoms with Gasteiger partial charge in [0.15, 0.2) is 0 Å². The molecule has 20 heavy (non-hydrogen) atoms. The van der Waals surface area contributed by atoms with Crippen molar-refractivity contribution >= 4 is 17.3 Å². The maximum atomic E-state index is 12.2. The van der Waals surface area contributed by atoms with E-state index in [2.05, 4.69) is 17.2 Å². The lowest BCUT2D eigenvalue weighted by molar-refractivity contribution is -0.157. The summed E-state index contributed by atoms with van der Waals surface area (Å²) in [6, 6.07) is -0.254. The van der Waals surface area contributed by atoms with E-state index in [1.807, 2.05) is 33.1 Å². The summed E-state index contributed by atoms with van der Waals surface area (Å²) in [6.07, 6.45) is 2.87. The van der Waals surface area contributed by atoms with Crippen LogP contribution in [0.4, 0.5) is 0 Å². The van der Waals surface area contributed by atoms with Crippen LogP contribution in [0, 0.1) is 6.92 Å². The third-order valence-corrected chi connectivity index (χ3v) is 3.56. The lowest BCUT2D eigenvalue weighted by Crippen LogP contribution is -2.41. The molecule has 0 unspecified atom stereocenters. The first kappa shape index (κ1) is 17.1. The predicted molar refractivity (Wildman–Crippen MR) is 82.8 cm³/mol. The van der Waals surface area contributed by atoms with Crippen LogP contribution in [0.1, 0.15) is 57.7 Å². The zero-order chi connectivity index (χ0) is 15.2. The molecule has 1 N–H and O–H groups in total. The second-order valence-corrected chi connectivity index (χ2v) is 7.03. The van der Waals surface area contributed by atoms with Gasteiger partial charge in [-0.1, -0.05) is 19.8 Å². The van der Waals surface area contributed by atoms with Gasteiger partial charge in [-0.15, -0.1) is 11.3 Å². The third-order valence-electron chi connectivity index (χ3n) is 2.73. The summed E-state index contributed by atoms with van der Waals surface area (Å²) < 4.78 is 5.47. The summed E-state index contributed by atoms with van der Waals surface area (Å²) in [6.45, 7) is 10.4. The van der Waals surface area contributed by atoms with E-state index >= 15 is 0 Å². The third kappa shape index (κ3) is 6.48. The molecule has 1 aromatic rings. The molecule has 0 aliphatic carbocycles. The highest BCUT2D eigenvalue weighted by molar-refractivity contribution is 7.09. The average molecular weight is 298 g/mol. The van der Waals surface area contributed by atoms with Crippen LogP contribution in [-0.4, -0.2) is 22.6 Å². The lowest BCUT2D eigenvalue weighted by atomic mass is 10.1. The molecule has 0 aliphatic heterocycles. The number of hydrogen-bond donors (Lipinski definition) is 1. The first-order valence-electron chi connectivity index (χ1n) is 7.19. The van der Waals surface area contributed by atoms with Crippen molar-refractivity contribution in [2.24, 2.45) is 0 Å². The second kappa shape index (κ2) is 7.74. The molecule has 0 fully saturated rings. The standard InChI is InChI=1S/C15H26N2O2S/c1-6-7-8-13(14(18)19-15(3,4)5)16-9-12-10-20-11(2)17-12/h10,13,16H,6-9H2,1-5H3/t13-/m1/s1. The van der Waals surface area contributed by atoms with Gasteiger partial charge in [-0.3, -0.25) is 10.1 Å². The van der Waals surface area contributed by atoms with Crippen molar-refractivity contribution in [1.29, 1.82) is 0 Å². The van der Waals surface area contributed by atoms with Gasteiger partial charge in [0.1, 0.15) is 11.6 Å². The van der Waals surface area contributed by atoms with Crippen molar-refractivity contribution in [1.82, 2.24) is 10.3 Å². The van der Waals surface area contributed by atoms with Crippen LogP contribution in [0.25, 0.3) is 0 Å². The molecule has 4 nitrogen and oxygen atoms in total. The Morgan fingerprint density at radius 1 is 1.50 bits per heavy atom. The quantitative estimate of drug-likeness (QED) is 0.783. The topological polar surface area (TPSA) is 51.2 Å². The fourth-order valence-electron chi connectivity index (χ4n) is 1.80. The van der Waals surface area contributed by atoms with Crippen LogP contribution in [-0.2, 0) is 16.1 Å². The Morgan fingerprint density at radius 2 is 2.20 bits per heavy atom. The molecule has 0 saturated heterocycles. The maximum Gasteiger partial charge on any atom is 0.323 e. The summed E-state index contributed by atoms with van der Waals surface area (Å²) in [7, 11) is 0. The van der Waals surface area contributed by atoms with E-state index in [0.717, 1.165) is 30.0 Å².